The van der Waals surface area contributed by atoms with Gasteiger partial charge in [-0.1, -0.05) is 50.3 Å². The number of likely N-dealkylation sites (tertiary alicyclic amines) is 1. The summed E-state index contributed by atoms with van der Waals surface area (Å²) in [5.74, 6) is 1.71. The van der Waals surface area contributed by atoms with E-state index in [0.29, 0.717) is 30.6 Å². The van der Waals surface area contributed by atoms with Crippen LogP contribution in [0, 0.1) is 5.92 Å². The van der Waals surface area contributed by atoms with E-state index in [1.165, 1.54) is 18.2 Å². The number of amides is 1. The minimum Gasteiger partial charge on any atom is -0.467 e. The third-order valence-electron chi connectivity index (χ3n) is 6.31. The monoisotopic (exact) mass is 507 g/mol. The lowest BCUT2D eigenvalue weighted by Crippen LogP contribution is -2.50. The number of esters is 1. The first-order valence-electron chi connectivity index (χ1n) is 12.0. The number of thioether (sulfide) groups is 1. The summed E-state index contributed by atoms with van der Waals surface area (Å²) < 4.78 is 4.92. The van der Waals surface area contributed by atoms with Gasteiger partial charge in [-0.25, -0.2) is 4.79 Å². The molecule has 0 radical (unpaired) electrons. The van der Waals surface area contributed by atoms with Crippen molar-refractivity contribution in [3.8, 4) is 0 Å². The predicted octanol–water partition coefficient (Wildman–Crippen LogP) is 3.27. The van der Waals surface area contributed by atoms with Gasteiger partial charge in [-0.15, -0.1) is 0 Å². The van der Waals surface area contributed by atoms with Crippen LogP contribution in [0.2, 0.25) is 0 Å². The number of ether oxygens (including phenoxy) is 1. The highest BCUT2D eigenvalue weighted by Gasteiger charge is 2.37. The molecule has 0 unspecified atom stereocenters. The van der Waals surface area contributed by atoms with Crippen molar-refractivity contribution < 1.29 is 14.3 Å². The molecular formula is C26H41N3O3S2. The Bertz CT molecular complexity index is 801. The molecule has 1 aliphatic heterocycles. The van der Waals surface area contributed by atoms with Crippen LogP contribution in [-0.2, 0) is 20.7 Å². The summed E-state index contributed by atoms with van der Waals surface area (Å²) in [5.41, 5.74) is 8.58. The number of methoxy groups -OCH3 is 1. The zero-order chi connectivity index (χ0) is 25.1. The summed E-state index contributed by atoms with van der Waals surface area (Å²) in [6.45, 7) is 5.84. The molecule has 0 spiro atoms. The highest BCUT2D eigenvalue weighted by atomic mass is 32.2. The Morgan fingerprint density at radius 3 is 2.62 bits per heavy atom. The second-order valence-corrected chi connectivity index (χ2v) is 10.7. The van der Waals surface area contributed by atoms with Gasteiger partial charge in [-0.05, 0) is 54.2 Å². The van der Waals surface area contributed by atoms with Gasteiger partial charge in [0.1, 0.15) is 6.04 Å². The fourth-order valence-corrected chi connectivity index (χ4v) is 4.91. The Kier molecular flexibility index (Phi) is 12.5. The lowest BCUT2D eigenvalue weighted by Gasteiger charge is -2.24. The van der Waals surface area contributed by atoms with Gasteiger partial charge < -0.3 is 15.8 Å². The summed E-state index contributed by atoms with van der Waals surface area (Å²) in [5, 5.41) is 2.96. The van der Waals surface area contributed by atoms with E-state index in [-0.39, 0.29) is 18.0 Å². The summed E-state index contributed by atoms with van der Waals surface area (Å²) in [6.07, 6.45) is 8.16. The van der Waals surface area contributed by atoms with E-state index < -0.39 is 12.0 Å². The molecule has 3 N–H and O–H groups in total. The van der Waals surface area contributed by atoms with Gasteiger partial charge in [0.2, 0.25) is 5.91 Å². The number of nitrogens with zero attached hydrogens (tertiary/aromatic N) is 1. The standard InChI is InChI=1S/C26H41N3O3S2/c1-18(2)21-9-7-19(8-10-21)14-20-15-24(29(16-20)12-5-6-22(27)17-33)25(30)28-23(11-13-34-4)26(31)32-3/h5-10,18,20,22-24,33H,11-17,27H2,1-4H3,(H,28,30)/b6-5+/t20-,22-,23+,24+/m1/s1. The SMILES string of the molecule is COC(=O)[C@H](CCSC)NC(=O)[C@@H]1C[C@@H](Cc2ccc(C(C)C)cc2)CN1C/C=C/[C@@H](N)CS. The first-order chi connectivity index (χ1) is 16.3. The van der Waals surface area contributed by atoms with Crippen LogP contribution in [0.4, 0.5) is 0 Å². The molecule has 2 rings (SSSR count). The zero-order valence-electron chi connectivity index (χ0n) is 20.9. The fourth-order valence-electron chi connectivity index (χ4n) is 4.32. The van der Waals surface area contributed by atoms with Gasteiger partial charge in [-0.2, -0.15) is 24.4 Å². The van der Waals surface area contributed by atoms with E-state index in [1.54, 1.807) is 11.8 Å². The molecule has 4 atom stereocenters. The Balaban J connectivity index is 2.11. The molecule has 0 bridgehead atoms. The van der Waals surface area contributed by atoms with E-state index >= 15 is 0 Å². The second-order valence-electron chi connectivity index (χ2n) is 9.31. The van der Waals surface area contributed by atoms with Crippen molar-refractivity contribution >= 4 is 36.3 Å². The van der Waals surface area contributed by atoms with Gasteiger partial charge >= 0.3 is 5.97 Å². The molecule has 1 aromatic carbocycles. The molecule has 1 saturated heterocycles. The smallest absolute Gasteiger partial charge is 0.328 e. The molecule has 1 heterocycles. The second kappa shape index (κ2) is 14.8. The van der Waals surface area contributed by atoms with Gasteiger partial charge in [0, 0.05) is 24.9 Å². The van der Waals surface area contributed by atoms with Crippen LogP contribution in [0.25, 0.3) is 0 Å². The van der Waals surface area contributed by atoms with Crippen LogP contribution in [-0.4, -0.2) is 72.9 Å². The van der Waals surface area contributed by atoms with Gasteiger partial charge in [0.15, 0.2) is 0 Å². The maximum atomic E-state index is 13.3. The van der Waals surface area contributed by atoms with Gasteiger partial charge in [-0.3, -0.25) is 9.69 Å². The topological polar surface area (TPSA) is 84.7 Å². The number of hydrogen-bond donors (Lipinski definition) is 3. The van der Waals surface area contributed by atoms with E-state index in [2.05, 4.69) is 61.0 Å². The third-order valence-corrected chi connectivity index (χ3v) is 7.38. The van der Waals surface area contributed by atoms with Crippen molar-refractivity contribution in [2.75, 3.05) is 38.0 Å². The molecule has 190 valence electrons. The van der Waals surface area contributed by atoms with Gasteiger partial charge in [0.25, 0.3) is 0 Å². The number of nitrogens with one attached hydrogen (secondary N) is 1. The molecule has 6 nitrogen and oxygen atoms in total. The predicted molar refractivity (Wildman–Crippen MR) is 146 cm³/mol. The van der Waals surface area contributed by atoms with Crippen LogP contribution in [0.3, 0.4) is 0 Å². The van der Waals surface area contributed by atoms with Crippen molar-refractivity contribution in [2.24, 2.45) is 11.7 Å². The highest BCUT2D eigenvalue weighted by Crippen LogP contribution is 2.27. The first kappa shape index (κ1) is 28.8. The maximum absolute atomic E-state index is 13.3. The largest absolute Gasteiger partial charge is 0.467 e. The number of rotatable bonds is 13. The minimum absolute atomic E-state index is 0.108. The Hall–Kier alpha value is -1.48. The Morgan fingerprint density at radius 2 is 2.03 bits per heavy atom. The molecule has 8 heteroatoms. The Morgan fingerprint density at radius 1 is 1.32 bits per heavy atom. The maximum Gasteiger partial charge on any atom is 0.328 e. The summed E-state index contributed by atoms with van der Waals surface area (Å²) in [6, 6.07) is 7.78. The quantitative estimate of drug-likeness (QED) is 0.216. The summed E-state index contributed by atoms with van der Waals surface area (Å²) in [4.78, 5) is 27.7. The number of carbonyl (C=O) groups is 2. The van der Waals surface area contributed by atoms with Crippen LogP contribution in [0.5, 0.6) is 0 Å². The molecular weight excluding hydrogens is 466 g/mol. The van der Waals surface area contributed by atoms with Crippen LogP contribution in [0.15, 0.2) is 36.4 Å². The van der Waals surface area contributed by atoms with Crippen LogP contribution < -0.4 is 11.1 Å². The average Bonchev–Trinajstić information content (AvgIpc) is 3.23. The van der Waals surface area contributed by atoms with Crippen molar-refractivity contribution in [1.29, 1.82) is 0 Å². The number of thiol groups is 1. The molecule has 34 heavy (non-hydrogen) atoms. The van der Waals surface area contributed by atoms with E-state index in [9.17, 15) is 9.59 Å². The van der Waals surface area contributed by atoms with E-state index in [1.807, 2.05) is 18.4 Å². The zero-order valence-corrected chi connectivity index (χ0v) is 22.6. The number of hydrogen-bond acceptors (Lipinski definition) is 7. The molecule has 1 aliphatic rings. The third kappa shape index (κ3) is 8.95. The van der Waals surface area contributed by atoms with E-state index in [4.69, 9.17) is 10.5 Å². The van der Waals surface area contributed by atoms with Crippen molar-refractivity contribution in [3.63, 3.8) is 0 Å². The number of carbonyl (C=O) groups excluding carboxylic acids is 2. The van der Waals surface area contributed by atoms with E-state index in [0.717, 1.165) is 25.1 Å². The minimum atomic E-state index is -0.623. The molecule has 0 aromatic heterocycles. The fraction of sp³-hybridized carbons (Fsp3) is 0.615. The lowest BCUT2D eigenvalue weighted by atomic mass is 9.94. The Labute approximate surface area is 214 Å². The normalized spacial score (nSPS) is 20.6. The average molecular weight is 508 g/mol. The first-order valence-corrected chi connectivity index (χ1v) is 14.0. The van der Waals surface area contributed by atoms with Crippen molar-refractivity contribution in [1.82, 2.24) is 10.2 Å². The molecule has 1 fully saturated rings. The van der Waals surface area contributed by atoms with Crippen LogP contribution in [0.1, 0.15) is 43.7 Å². The molecule has 1 amide bonds. The van der Waals surface area contributed by atoms with Crippen molar-refractivity contribution in [2.45, 2.75) is 57.2 Å². The number of nitrogens with two attached hydrogens (primary N) is 1. The summed E-state index contributed by atoms with van der Waals surface area (Å²) in [7, 11) is 1.36. The lowest BCUT2D eigenvalue weighted by molar-refractivity contribution is -0.145. The molecule has 0 saturated carbocycles. The van der Waals surface area contributed by atoms with Crippen molar-refractivity contribution in [3.05, 3.63) is 47.5 Å². The highest BCUT2D eigenvalue weighted by molar-refractivity contribution is 7.98. The number of benzene rings is 1. The molecule has 1 aromatic rings. The summed E-state index contributed by atoms with van der Waals surface area (Å²) >= 11 is 5.87. The van der Waals surface area contributed by atoms with Crippen LogP contribution >= 0.6 is 24.4 Å². The molecule has 0 aliphatic carbocycles. The van der Waals surface area contributed by atoms with Gasteiger partial charge in [0.05, 0.1) is 13.2 Å².